The van der Waals surface area contributed by atoms with Crippen molar-refractivity contribution in [2.24, 2.45) is 0 Å². The highest BCUT2D eigenvalue weighted by atomic mass is 16.5. The summed E-state index contributed by atoms with van der Waals surface area (Å²) >= 11 is 0. The van der Waals surface area contributed by atoms with Crippen LogP contribution < -0.4 is 0 Å². The van der Waals surface area contributed by atoms with Gasteiger partial charge in [0.15, 0.2) is 0 Å². The Morgan fingerprint density at radius 3 is 2.00 bits per heavy atom. The van der Waals surface area contributed by atoms with E-state index in [0.717, 1.165) is 0 Å². The minimum absolute atomic E-state index is 0.194. The Labute approximate surface area is 80.5 Å². The van der Waals surface area contributed by atoms with Crippen molar-refractivity contribution >= 4 is 18.5 Å². The molecule has 0 N–H and O–H groups in total. The van der Waals surface area contributed by atoms with E-state index < -0.39 is 5.97 Å². The van der Waals surface area contributed by atoms with Crippen molar-refractivity contribution < 1.29 is 19.1 Å². The second-order valence-electron chi connectivity index (χ2n) is 2.62. The third-order valence-electron chi connectivity index (χ3n) is 1.67. The Bertz CT molecular complexity index is 355. The molecule has 0 bridgehead atoms. The summed E-state index contributed by atoms with van der Waals surface area (Å²) in [6.45, 7) is 0. The zero-order valence-corrected chi connectivity index (χ0v) is 7.52. The van der Waals surface area contributed by atoms with Gasteiger partial charge in [0.2, 0.25) is 0 Å². The van der Waals surface area contributed by atoms with Crippen molar-refractivity contribution in [3.8, 4) is 0 Å². The summed E-state index contributed by atoms with van der Waals surface area (Å²) in [5.74, 6) is -0.572. The molecule has 0 radical (unpaired) electrons. The van der Waals surface area contributed by atoms with Gasteiger partial charge in [0.25, 0.3) is 0 Å². The Morgan fingerprint density at radius 1 is 1.14 bits per heavy atom. The lowest BCUT2D eigenvalue weighted by molar-refractivity contribution is 0.0600. The minimum atomic E-state index is -0.572. The highest BCUT2D eigenvalue weighted by molar-refractivity contribution is 5.94. The van der Waals surface area contributed by atoms with Crippen molar-refractivity contribution in [1.29, 1.82) is 0 Å². The van der Waals surface area contributed by atoms with Crippen LogP contribution >= 0.6 is 0 Å². The predicted octanol–water partition coefficient (Wildman–Crippen LogP) is 1.10. The van der Waals surface area contributed by atoms with Crippen LogP contribution in [0.5, 0.6) is 0 Å². The van der Waals surface area contributed by atoms with E-state index in [1.807, 2.05) is 0 Å². The van der Waals surface area contributed by atoms with Crippen molar-refractivity contribution in [3.63, 3.8) is 0 Å². The van der Waals surface area contributed by atoms with Gasteiger partial charge in [-0.15, -0.1) is 0 Å². The molecule has 0 fully saturated rings. The van der Waals surface area contributed by atoms with E-state index >= 15 is 0 Å². The fourth-order valence-electron chi connectivity index (χ4n) is 1.05. The summed E-state index contributed by atoms with van der Waals surface area (Å²) in [7, 11) is 1.23. The number of aldehydes is 2. The fraction of sp³-hybridized carbons (Fsp3) is 0.100. The molecule has 0 aliphatic heterocycles. The molecule has 0 atom stereocenters. The van der Waals surface area contributed by atoms with Crippen LogP contribution in [0.1, 0.15) is 31.1 Å². The first-order valence-corrected chi connectivity index (χ1v) is 3.85. The second-order valence-corrected chi connectivity index (χ2v) is 2.62. The zero-order chi connectivity index (χ0) is 10.6. The number of ether oxygens (including phenoxy) is 1. The van der Waals surface area contributed by atoms with Gasteiger partial charge in [-0.05, 0) is 18.2 Å². The van der Waals surface area contributed by atoms with Gasteiger partial charge in [-0.2, -0.15) is 0 Å². The van der Waals surface area contributed by atoms with Crippen LogP contribution in [-0.4, -0.2) is 25.7 Å². The van der Waals surface area contributed by atoms with E-state index in [0.29, 0.717) is 12.6 Å². The lowest BCUT2D eigenvalue weighted by Gasteiger charge is -2.00. The topological polar surface area (TPSA) is 60.4 Å². The number of esters is 1. The van der Waals surface area contributed by atoms with Gasteiger partial charge in [0.05, 0.1) is 12.7 Å². The molecule has 4 nitrogen and oxygen atoms in total. The van der Waals surface area contributed by atoms with Crippen LogP contribution in [0, 0.1) is 0 Å². The van der Waals surface area contributed by atoms with Crippen LogP contribution in [0.15, 0.2) is 18.2 Å². The Kier molecular flexibility index (Phi) is 3.12. The second kappa shape index (κ2) is 4.32. The first-order chi connectivity index (χ1) is 6.71. The smallest absolute Gasteiger partial charge is 0.337 e. The van der Waals surface area contributed by atoms with Gasteiger partial charge >= 0.3 is 5.97 Å². The molecule has 0 spiro atoms. The molecule has 0 amide bonds. The average molecular weight is 192 g/mol. The van der Waals surface area contributed by atoms with Gasteiger partial charge in [-0.3, -0.25) is 9.59 Å². The minimum Gasteiger partial charge on any atom is -0.465 e. The van der Waals surface area contributed by atoms with Gasteiger partial charge in [0.1, 0.15) is 12.6 Å². The molecule has 0 aliphatic rings. The number of methoxy groups -OCH3 is 1. The number of hydrogen-bond acceptors (Lipinski definition) is 4. The summed E-state index contributed by atoms with van der Waals surface area (Å²) in [6.07, 6.45) is 1.14. The molecule has 0 saturated carbocycles. The molecule has 0 aromatic heterocycles. The summed E-state index contributed by atoms with van der Waals surface area (Å²) in [5.41, 5.74) is 0.740. The zero-order valence-electron chi connectivity index (χ0n) is 7.52. The number of rotatable bonds is 3. The summed E-state index contributed by atoms with van der Waals surface area (Å²) < 4.78 is 4.46. The maximum absolute atomic E-state index is 11.1. The first kappa shape index (κ1) is 10.1. The Morgan fingerprint density at radius 2 is 1.64 bits per heavy atom. The molecule has 0 saturated heterocycles. The summed E-state index contributed by atoms with van der Waals surface area (Å²) in [4.78, 5) is 32.0. The molecule has 0 aliphatic carbocycles. The lowest BCUT2D eigenvalue weighted by atomic mass is 10.1. The summed E-state index contributed by atoms with van der Waals surface area (Å²) in [5, 5.41) is 0. The van der Waals surface area contributed by atoms with E-state index in [-0.39, 0.29) is 16.7 Å². The first-order valence-electron chi connectivity index (χ1n) is 3.85. The van der Waals surface area contributed by atoms with Crippen molar-refractivity contribution in [2.45, 2.75) is 0 Å². The highest BCUT2D eigenvalue weighted by Crippen LogP contribution is 2.08. The van der Waals surface area contributed by atoms with E-state index in [1.54, 1.807) is 0 Å². The Hall–Kier alpha value is -1.97. The number of carbonyl (C=O) groups excluding carboxylic acids is 3. The van der Waals surface area contributed by atoms with E-state index in [4.69, 9.17) is 0 Å². The van der Waals surface area contributed by atoms with Gasteiger partial charge < -0.3 is 4.74 Å². The van der Waals surface area contributed by atoms with Crippen LogP contribution in [0.4, 0.5) is 0 Å². The van der Waals surface area contributed by atoms with Crippen LogP contribution in [-0.2, 0) is 4.74 Å². The number of benzene rings is 1. The molecular weight excluding hydrogens is 184 g/mol. The molecule has 1 aromatic carbocycles. The third kappa shape index (κ3) is 2.04. The van der Waals surface area contributed by atoms with E-state index in [9.17, 15) is 14.4 Å². The van der Waals surface area contributed by atoms with Crippen LogP contribution in [0.2, 0.25) is 0 Å². The molecular formula is C10H8O4. The van der Waals surface area contributed by atoms with Gasteiger partial charge in [0, 0.05) is 11.1 Å². The van der Waals surface area contributed by atoms with Crippen molar-refractivity contribution in [3.05, 3.63) is 34.9 Å². The average Bonchev–Trinajstić information content (AvgIpc) is 2.27. The van der Waals surface area contributed by atoms with Crippen molar-refractivity contribution in [1.82, 2.24) is 0 Å². The lowest BCUT2D eigenvalue weighted by Crippen LogP contribution is -2.03. The standard InChI is InChI=1S/C10H8O4/c1-14-10(13)9-3-7(5-11)2-8(4-9)6-12/h2-6H,1H3. The summed E-state index contributed by atoms with van der Waals surface area (Å²) in [6, 6.07) is 4.13. The largest absolute Gasteiger partial charge is 0.465 e. The van der Waals surface area contributed by atoms with Crippen molar-refractivity contribution in [2.75, 3.05) is 7.11 Å². The molecule has 14 heavy (non-hydrogen) atoms. The van der Waals surface area contributed by atoms with Crippen LogP contribution in [0.25, 0.3) is 0 Å². The molecule has 72 valence electrons. The molecule has 1 rings (SSSR count). The monoisotopic (exact) mass is 192 g/mol. The maximum Gasteiger partial charge on any atom is 0.337 e. The highest BCUT2D eigenvalue weighted by Gasteiger charge is 2.07. The fourth-order valence-corrected chi connectivity index (χ4v) is 1.05. The predicted molar refractivity (Wildman–Crippen MR) is 48.6 cm³/mol. The SMILES string of the molecule is COC(=O)c1cc(C=O)cc(C=O)c1. The molecule has 0 unspecified atom stereocenters. The number of hydrogen-bond donors (Lipinski definition) is 0. The maximum atomic E-state index is 11.1. The molecule has 1 aromatic rings. The van der Waals surface area contributed by atoms with Gasteiger partial charge in [-0.1, -0.05) is 0 Å². The number of carbonyl (C=O) groups is 3. The van der Waals surface area contributed by atoms with E-state index in [2.05, 4.69) is 4.74 Å². The van der Waals surface area contributed by atoms with Crippen LogP contribution in [0.3, 0.4) is 0 Å². The quantitative estimate of drug-likeness (QED) is 0.531. The normalized spacial score (nSPS) is 9.21. The molecule has 4 heteroatoms. The third-order valence-corrected chi connectivity index (χ3v) is 1.67. The Balaban J connectivity index is 3.23. The molecule has 0 heterocycles. The van der Waals surface area contributed by atoms with E-state index in [1.165, 1.54) is 25.3 Å². The van der Waals surface area contributed by atoms with Gasteiger partial charge in [-0.25, -0.2) is 4.79 Å².